The SMILES string of the molecule is C=CCCC(CF)NCCc1ccc(-c2c(N)c3cc(F)ccc3n2-c2ccncc2)nc1. The van der Waals surface area contributed by atoms with Crippen LogP contribution in [0.2, 0.25) is 0 Å². The summed E-state index contributed by atoms with van der Waals surface area (Å²) in [4.78, 5) is 8.75. The fourth-order valence-corrected chi connectivity index (χ4v) is 3.99. The second-order valence-electron chi connectivity index (χ2n) is 7.94. The molecule has 33 heavy (non-hydrogen) atoms. The van der Waals surface area contributed by atoms with Crippen LogP contribution in [-0.2, 0) is 6.42 Å². The van der Waals surface area contributed by atoms with Gasteiger partial charge in [0.05, 0.1) is 22.6 Å². The monoisotopic (exact) mass is 447 g/mol. The number of fused-ring (bicyclic) bond motifs is 1. The Labute approximate surface area is 192 Å². The minimum Gasteiger partial charge on any atom is -0.396 e. The van der Waals surface area contributed by atoms with Crippen molar-refractivity contribution < 1.29 is 8.78 Å². The maximum atomic E-state index is 14.0. The maximum Gasteiger partial charge on any atom is 0.124 e. The Bertz CT molecular complexity index is 1220. The molecule has 0 aliphatic rings. The standard InChI is InChI=1S/C26H27F2N5/c1-2-3-4-20(16-27)31-14-9-18-5-7-23(32-17-18)26-25(29)22-15-19(28)6-8-24(22)33(26)21-10-12-30-13-11-21/h2,5-8,10-13,15,17,20,31H,1,3-4,9,14,16,29H2. The van der Waals surface area contributed by atoms with Gasteiger partial charge in [0.15, 0.2) is 0 Å². The van der Waals surface area contributed by atoms with Crippen molar-refractivity contribution in [1.29, 1.82) is 0 Å². The van der Waals surface area contributed by atoms with Gasteiger partial charge in [-0.15, -0.1) is 6.58 Å². The lowest BCUT2D eigenvalue weighted by Gasteiger charge is -2.14. The van der Waals surface area contributed by atoms with Gasteiger partial charge >= 0.3 is 0 Å². The molecule has 3 N–H and O–H groups in total. The quantitative estimate of drug-likeness (QED) is 0.326. The summed E-state index contributed by atoms with van der Waals surface area (Å²) < 4.78 is 29.1. The second kappa shape index (κ2) is 10.4. The van der Waals surface area contributed by atoms with Crippen LogP contribution < -0.4 is 11.1 Å². The van der Waals surface area contributed by atoms with E-state index in [1.54, 1.807) is 30.7 Å². The molecule has 0 aliphatic heterocycles. The number of alkyl halides is 1. The van der Waals surface area contributed by atoms with E-state index in [4.69, 9.17) is 5.73 Å². The number of aromatic nitrogens is 3. The molecule has 0 aliphatic carbocycles. The van der Waals surface area contributed by atoms with Gasteiger partial charge in [-0.1, -0.05) is 12.1 Å². The van der Waals surface area contributed by atoms with Crippen molar-refractivity contribution in [1.82, 2.24) is 19.9 Å². The summed E-state index contributed by atoms with van der Waals surface area (Å²) in [6.45, 7) is 3.95. The minimum atomic E-state index is -0.398. The molecule has 0 saturated heterocycles. The number of rotatable bonds is 10. The third kappa shape index (κ3) is 4.93. The molecule has 4 rings (SSSR count). The second-order valence-corrected chi connectivity index (χ2v) is 7.94. The van der Waals surface area contributed by atoms with Gasteiger partial charge in [-0.2, -0.15) is 0 Å². The fourth-order valence-electron chi connectivity index (χ4n) is 3.99. The molecule has 1 atom stereocenters. The molecule has 5 nitrogen and oxygen atoms in total. The van der Waals surface area contributed by atoms with Crippen molar-refractivity contribution in [2.45, 2.75) is 25.3 Å². The first-order valence-electron chi connectivity index (χ1n) is 11.0. The van der Waals surface area contributed by atoms with Crippen LogP contribution in [-0.4, -0.2) is 33.8 Å². The van der Waals surface area contributed by atoms with Gasteiger partial charge in [-0.3, -0.25) is 9.97 Å². The normalized spacial score (nSPS) is 12.2. The van der Waals surface area contributed by atoms with E-state index in [2.05, 4.69) is 21.9 Å². The smallest absolute Gasteiger partial charge is 0.124 e. The summed E-state index contributed by atoms with van der Waals surface area (Å²) in [6, 6.07) is 12.1. The average molecular weight is 448 g/mol. The molecule has 7 heteroatoms. The van der Waals surface area contributed by atoms with Crippen LogP contribution in [0.1, 0.15) is 18.4 Å². The van der Waals surface area contributed by atoms with Crippen LogP contribution >= 0.6 is 0 Å². The Kier molecular flexibility index (Phi) is 7.10. The lowest BCUT2D eigenvalue weighted by molar-refractivity contribution is 0.362. The first kappa shape index (κ1) is 22.6. The van der Waals surface area contributed by atoms with E-state index in [1.807, 2.05) is 28.8 Å². The summed E-state index contributed by atoms with van der Waals surface area (Å²) in [5.74, 6) is -0.344. The number of nitrogens with one attached hydrogen (secondary N) is 1. The summed E-state index contributed by atoms with van der Waals surface area (Å²) in [7, 11) is 0. The predicted octanol–water partition coefficient (Wildman–Crippen LogP) is 5.25. The Balaban J connectivity index is 1.62. The van der Waals surface area contributed by atoms with Gasteiger partial charge in [-0.05, 0) is 67.8 Å². The third-order valence-corrected chi connectivity index (χ3v) is 5.71. The summed E-state index contributed by atoms with van der Waals surface area (Å²) in [6.07, 6.45) is 9.26. The van der Waals surface area contributed by atoms with Crippen molar-refractivity contribution in [3.05, 3.63) is 85.1 Å². The number of benzene rings is 1. The first-order valence-corrected chi connectivity index (χ1v) is 11.0. The Hall–Kier alpha value is -3.58. The number of hydrogen-bond donors (Lipinski definition) is 2. The van der Waals surface area contributed by atoms with Gasteiger partial charge in [-0.25, -0.2) is 8.78 Å². The zero-order valence-electron chi connectivity index (χ0n) is 18.3. The zero-order chi connectivity index (χ0) is 23.2. The lowest BCUT2D eigenvalue weighted by atomic mass is 10.1. The Morgan fingerprint density at radius 3 is 2.67 bits per heavy atom. The fraction of sp³-hybridized carbons (Fsp3) is 0.231. The van der Waals surface area contributed by atoms with E-state index in [1.165, 1.54) is 12.1 Å². The molecule has 1 unspecified atom stereocenters. The van der Waals surface area contributed by atoms with Crippen LogP contribution in [0, 0.1) is 5.82 Å². The molecule has 170 valence electrons. The van der Waals surface area contributed by atoms with E-state index in [0.29, 0.717) is 29.0 Å². The number of nitrogens with two attached hydrogens (primary N) is 1. The largest absolute Gasteiger partial charge is 0.396 e. The minimum absolute atomic E-state index is 0.161. The molecule has 0 radical (unpaired) electrons. The molecule has 1 aromatic carbocycles. The highest BCUT2D eigenvalue weighted by Gasteiger charge is 2.19. The van der Waals surface area contributed by atoms with Gasteiger partial charge in [0.1, 0.15) is 12.5 Å². The highest BCUT2D eigenvalue weighted by Crippen LogP contribution is 2.37. The molecule has 0 spiro atoms. The van der Waals surface area contributed by atoms with Crippen molar-refractivity contribution in [2.24, 2.45) is 0 Å². The summed E-state index contributed by atoms with van der Waals surface area (Å²) >= 11 is 0. The number of anilines is 1. The first-order chi connectivity index (χ1) is 16.1. The van der Waals surface area contributed by atoms with E-state index in [0.717, 1.165) is 36.0 Å². The van der Waals surface area contributed by atoms with Crippen LogP contribution in [0.4, 0.5) is 14.5 Å². The number of halogens is 2. The number of nitrogen functional groups attached to an aromatic ring is 1. The van der Waals surface area contributed by atoms with Gasteiger partial charge in [0, 0.05) is 35.7 Å². The molecule has 0 saturated carbocycles. The molecule has 3 aromatic heterocycles. The molecule has 4 aromatic rings. The van der Waals surface area contributed by atoms with Crippen LogP contribution in [0.25, 0.3) is 28.0 Å². The topological polar surface area (TPSA) is 68.8 Å². The summed E-state index contributed by atoms with van der Waals surface area (Å²) in [5, 5.41) is 3.88. The van der Waals surface area contributed by atoms with Gasteiger partial charge < -0.3 is 15.6 Å². The molecular formula is C26H27F2N5. The van der Waals surface area contributed by atoms with E-state index in [-0.39, 0.29) is 11.9 Å². The Morgan fingerprint density at radius 1 is 1.15 bits per heavy atom. The van der Waals surface area contributed by atoms with Crippen LogP contribution in [0.5, 0.6) is 0 Å². The molecule has 3 heterocycles. The van der Waals surface area contributed by atoms with Crippen molar-refractivity contribution in [2.75, 3.05) is 19.0 Å². The van der Waals surface area contributed by atoms with Crippen molar-refractivity contribution >= 4 is 16.6 Å². The van der Waals surface area contributed by atoms with Crippen molar-refractivity contribution in [3.63, 3.8) is 0 Å². The van der Waals surface area contributed by atoms with Gasteiger partial charge in [0.2, 0.25) is 0 Å². The number of nitrogens with zero attached hydrogens (tertiary/aromatic N) is 3. The number of hydrogen-bond acceptors (Lipinski definition) is 4. The summed E-state index contributed by atoms with van der Waals surface area (Å²) in [5.41, 5.74) is 11.0. The average Bonchev–Trinajstić information content (AvgIpc) is 3.14. The molecule has 0 amide bonds. The third-order valence-electron chi connectivity index (χ3n) is 5.71. The highest BCUT2D eigenvalue weighted by molar-refractivity contribution is 6.01. The maximum absolute atomic E-state index is 14.0. The van der Waals surface area contributed by atoms with Crippen molar-refractivity contribution in [3.8, 4) is 17.1 Å². The van der Waals surface area contributed by atoms with Crippen LogP contribution in [0.15, 0.2) is 73.7 Å². The highest BCUT2D eigenvalue weighted by atomic mass is 19.1. The number of allylic oxidation sites excluding steroid dienone is 1. The zero-order valence-corrected chi connectivity index (χ0v) is 18.3. The predicted molar refractivity (Wildman–Crippen MR) is 130 cm³/mol. The number of pyridine rings is 2. The van der Waals surface area contributed by atoms with Crippen LogP contribution in [0.3, 0.4) is 0 Å². The lowest BCUT2D eigenvalue weighted by Crippen LogP contribution is -2.32. The van der Waals surface area contributed by atoms with E-state index >= 15 is 0 Å². The molecular weight excluding hydrogens is 420 g/mol. The molecule has 0 bridgehead atoms. The van der Waals surface area contributed by atoms with E-state index in [9.17, 15) is 8.78 Å². The van der Waals surface area contributed by atoms with Gasteiger partial charge in [0.25, 0.3) is 0 Å². The van der Waals surface area contributed by atoms with E-state index < -0.39 is 6.67 Å². The molecule has 0 fully saturated rings. The Morgan fingerprint density at radius 2 is 1.97 bits per heavy atom.